The maximum absolute atomic E-state index is 6.13. The van der Waals surface area contributed by atoms with Crippen LogP contribution in [-0.4, -0.2) is 9.78 Å². The van der Waals surface area contributed by atoms with Crippen LogP contribution in [0.3, 0.4) is 0 Å². The number of hydrogen-bond acceptors (Lipinski definition) is 3. The van der Waals surface area contributed by atoms with Crippen LogP contribution >= 0.6 is 0 Å². The predicted octanol–water partition coefficient (Wildman–Crippen LogP) is 2.88. The molecule has 0 aliphatic carbocycles. The van der Waals surface area contributed by atoms with Crippen LogP contribution in [0.1, 0.15) is 30.2 Å². The monoisotopic (exact) mass is 258 g/mol. The summed E-state index contributed by atoms with van der Waals surface area (Å²) in [6.45, 7) is 4.98. The van der Waals surface area contributed by atoms with Gasteiger partial charge >= 0.3 is 0 Å². The fourth-order valence-electron chi connectivity index (χ4n) is 2.12. The summed E-state index contributed by atoms with van der Waals surface area (Å²) in [4.78, 5) is 0. The zero-order valence-electron chi connectivity index (χ0n) is 11.9. The van der Waals surface area contributed by atoms with Gasteiger partial charge in [-0.25, -0.2) is 0 Å². The number of aromatic nitrogens is 2. The Morgan fingerprint density at radius 3 is 2.58 bits per heavy atom. The summed E-state index contributed by atoms with van der Waals surface area (Å²) in [7, 11) is 1.92. The minimum atomic E-state index is 0.760. The number of aryl methyl sites for hydroxylation is 3. The Kier molecular flexibility index (Phi) is 4.10. The van der Waals surface area contributed by atoms with E-state index in [-0.39, 0.29) is 0 Å². The van der Waals surface area contributed by atoms with E-state index < -0.39 is 0 Å². The second-order valence-corrected chi connectivity index (χ2v) is 4.92. The molecule has 0 amide bonds. The van der Waals surface area contributed by atoms with Crippen molar-refractivity contribution in [1.29, 1.82) is 0 Å². The Balaban J connectivity index is 2.09. The van der Waals surface area contributed by atoms with Crippen molar-refractivity contribution < 1.29 is 0 Å². The first kappa shape index (κ1) is 13.5. The van der Waals surface area contributed by atoms with Crippen molar-refractivity contribution in [1.82, 2.24) is 9.78 Å². The Bertz CT molecular complexity index is 540. The Morgan fingerprint density at radius 1 is 1.26 bits per heavy atom. The van der Waals surface area contributed by atoms with Crippen LogP contribution in [-0.2, 0) is 20.0 Å². The molecule has 2 aromatic rings. The van der Waals surface area contributed by atoms with Gasteiger partial charge in [-0.3, -0.25) is 4.68 Å². The molecule has 0 aliphatic heterocycles. The maximum Gasteiger partial charge on any atom is 0.148 e. The molecule has 3 N–H and O–H groups in total. The Labute approximate surface area is 114 Å². The molecule has 0 bridgehead atoms. The molecule has 1 aromatic heterocycles. The van der Waals surface area contributed by atoms with Gasteiger partial charge in [0.15, 0.2) is 0 Å². The molecular formula is C15H22N4. The molecule has 0 aliphatic rings. The fourth-order valence-corrected chi connectivity index (χ4v) is 2.12. The molecule has 0 atom stereocenters. The molecule has 1 heterocycles. The molecule has 0 unspecified atom stereocenters. The predicted molar refractivity (Wildman–Crippen MR) is 80.1 cm³/mol. The van der Waals surface area contributed by atoms with Crippen molar-refractivity contribution in [2.75, 3.05) is 11.1 Å². The zero-order chi connectivity index (χ0) is 13.8. The van der Waals surface area contributed by atoms with Crippen molar-refractivity contribution in [2.24, 2.45) is 7.05 Å². The molecule has 19 heavy (non-hydrogen) atoms. The van der Waals surface area contributed by atoms with E-state index in [2.05, 4.69) is 48.5 Å². The van der Waals surface area contributed by atoms with Gasteiger partial charge in [-0.1, -0.05) is 43.2 Å². The summed E-state index contributed by atoms with van der Waals surface area (Å²) in [6, 6.07) is 8.49. The molecule has 0 saturated heterocycles. The number of hydrogen-bond donors (Lipinski definition) is 2. The third kappa shape index (κ3) is 3.08. The van der Waals surface area contributed by atoms with Crippen molar-refractivity contribution >= 4 is 11.5 Å². The molecular weight excluding hydrogens is 236 g/mol. The molecule has 4 heteroatoms. The SMILES string of the molecule is CCCc1nn(C)c(NCc2ccc(C)cc2)c1N. The summed E-state index contributed by atoms with van der Waals surface area (Å²) in [5, 5.41) is 7.83. The largest absolute Gasteiger partial charge is 0.394 e. The topological polar surface area (TPSA) is 55.9 Å². The second kappa shape index (κ2) is 5.78. The van der Waals surface area contributed by atoms with E-state index in [1.54, 1.807) is 0 Å². The van der Waals surface area contributed by atoms with Crippen molar-refractivity contribution in [3.05, 3.63) is 41.1 Å². The van der Waals surface area contributed by atoms with Crippen LogP contribution < -0.4 is 11.1 Å². The highest BCUT2D eigenvalue weighted by atomic mass is 15.3. The number of nitrogens with one attached hydrogen (secondary N) is 1. The van der Waals surface area contributed by atoms with Crippen LogP contribution in [0, 0.1) is 6.92 Å². The fraction of sp³-hybridized carbons (Fsp3) is 0.400. The Morgan fingerprint density at radius 2 is 1.95 bits per heavy atom. The van der Waals surface area contributed by atoms with E-state index in [0.29, 0.717) is 0 Å². The number of benzene rings is 1. The molecule has 4 nitrogen and oxygen atoms in total. The normalized spacial score (nSPS) is 10.7. The lowest BCUT2D eigenvalue weighted by atomic mass is 10.1. The van der Waals surface area contributed by atoms with Crippen molar-refractivity contribution in [3.63, 3.8) is 0 Å². The van der Waals surface area contributed by atoms with Gasteiger partial charge in [0, 0.05) is 13.6 Å². The highest BCUT2D eigenvalue weighted by Crippen LogP contribution is 2.23. The molecule has 1 aromatic carbocycles. The number of rotatable bonds is 5. The minimum Gasteiger partial charge on any atom is -0.394 e. The lowest BCUT2D eigenvalue weighted by molar-refractivity contribution is 0.735. The van der Waals surface area contributed by atoms with Crippen LogP contribution in [0.5, 0.6) is 0 Å². The first-order chi connectivity index (χ1) is 9.11. The summed E-state index contributed by atoms with van der Waals surface area (Å²) < 4.78 is 1.83. The number of nitrogens with two attached hydrogens (primary N) is 1. The molecule has 0 fully saturated rings. The third-order valence-electron chi connectivity index (χ3n) is 3.23. The summed E-state index contributed by atoms with van der Waals surface area (Å²) >= 11 is 0. The van der Waals surface area contributed by atoms with Gasteiger partial charge in [-0.2, -0.15) is 5.10 Å². The standard InChI is InChI=1S/C15H22N4/c1-4-5-13-14(16)15(19(3)18-13)17-10-12-8-6-11(2)7-9-12/h6-9,17H,4-5,10,16H2,1-3H3. The summed E-state index contributed by atoms with van der Waals surface area (Å²) in [5.41, 5.74) is 10.4. The zero-order valence-corrected chi connectivity index (χ0v) is 11.9. The molecule has 0 spiro atoms. The quantitative estimate of drug-likeness (QED) is 0.867. The van der Waals surface area contributed by atoms with Gasteiger partial charge < -0.3 is 11.1 Å². The van der Waals surface area contributed by atoms with Gasteiger partial charge in [0.1, 0.15) is 5.82 Å². The minimum absolute atomic E-state index is 0.760. The van der Waals surface area contributed by atoms with Crippen LogP contribution in [0.25, 0.3) is 0 Å². The smallest absolute Gasteiger partial charge is 0.148 e. The highest BCUT2D eigenvalue weighted by molar-refractivity contribution is 5.65. The van der Waals surface area contributed by atoms with Crippen LogP contribution in [0.4, 0.5) is 11.5 Å². The van der Waals surface area contributed by atoms with Gasteiger partial charge in [-0.15, -0.1) is 0 Å². The second-order valence-electron chi connectivity index (χ2n) is 4.92. The number of anilines is 2. The van der Waals surface area contributed by atoms with E-state index in [0.717, 1.165) is 36.6 Å². The average Bonchev–Trinajstić information content (AvgIpc) is 2.65. The van der Waals surface area contributed by atoms with E-state index in [9.17, 15) is 0 Å². The third-order valence-corrected chi connectivity index (χ3v) is 3.23. The summed E-state index contributed by atoms with van der Waals surface area (Å²) in [6.07, 6.45) is 1.98. The van der Waals surface area contributed by atoms with Gasteiger partial charge in [0.25, 0.3) is 0 Å². The van der Waals surface area contributed by atoms with Gasteiger partial charge in [0.05, 0.1) is 11.4 Å². The Hall–Kier alpha value is -1.97. The molecule has 0 radical (unpaired) electrons. The molecule has 0 saturated carbocycles. The molecule has 102 valence electrons. The number of nitrogen functional groups attached to an aromatic ring is 1. The van der Waals surface area contributed by atoms with E-state index >= 15 is 0 Å². The van der Waals surface area contributed by atoms with Crippen molar-refractivity contribution in [3.8, 4) is 0 Å². The first-order valence-corrected chi connectivity index (χ1v) is 6.72. The number of nitrogens with zero attached hydrogens (tertiary/aromatic N) is 2. The first-order valence-electron chi connectivity index (χ1n) is 6.72. The average molecular weight is 258 g/mol. The molecule has 2 rings (SSSR count). The van der Waals surface area contributed by atoms with E-state index in [1.807, 2.05) is 11.7 Å². The maximum atomic E-state index is 6.13. The van der Waals surface area contributed by atoms with Gasteiger partial charge in [-0.05, 0) is 18.9 Å². The van der Waals surface area contributed by atoms with E-state index in [4.69, 9.17) is 5.73 Å². The summed E-state index contributed by atoms with van der Waals surface area (Å²) in [5.74, 6) is 0.907. The lowest BCUT2D eigenvalue weighted by Gasteiger charge is -2.08. The highest BCUT2D eigenvalue weighted by Gasteiger charge is 2.11. The van der Waals surface area contributed by atoms with Crippen molar-refractivity contribution in [2.45, 2.75) is 33.2 Å². The lowest BCUT2D eigenvalue weighted by Crippen LogP contribution is -2.06. The van der Waals surface area contributed by atoms with E-state index in [1.165, 1.54) is 11.1 Å². The van der Waals surface area contributed by atoms with Crippen LogP contribution in [0.15, 0.2) is 24.3 Å². The van der Waals surface area contributed by atoms with Crippen LogP contribution in [0.2, 0.25) is 0 Å². The van der Waals surface area contributed by atoms with Gasteiger partial charge in [0.2, 0.25) is 0 Å².